The third-order valence-corrected chi connectivity index (χ3v) is 5.98. The number of hydrogen-bond donors (Lipinski definition) is 1. The highest BCUT2D eigenvalue weighted by Gasteiger charge is 2.39. The van der Waals surface area contributed by atoms with Gasteiger partial charge >= 0.3 is 0 Å². The summed E-state index contributed by atoms with van der Waals surface area (Å²) < 4.78 is 5.37. The Kier molecular flexibility index (Phi) is 6.62. The normalized spacial score (nSPS) is 17.6. The Labute approximate surface area is 191 Å². The van der Waals surface area contributed by atoms with E-state index < -0.39 is 0 Å². The molecule has 2 aromatic carbocycles. The Morgan fingerprint density at radius 3 is 2.29 bits per heavy atom. The van der Waals surface area contributed by atoms with E-state index in [1.54, 1.807) is 36.4 Å². The van der Waals surface area contributed by atoms with Gasteiger partial charge in [-0.3, -0.25) is 19.4 Å². The number of ether oxygens (including phenoxy) is 1. The van der Waals surface area contributed by atoms with E-state index in [-0.39, 0.29) is 17.5 Å². The zero-order valence-electron chi connectivity index (χ0n) is 17.2. The van der Waals surface area contributed by atoms with Crippen LogP contribution in [0.3, 0.4) is 0 Å². The first-order valence-corrected chi connectivity index (χ1v) is 10.9. The van der Waals surface area contributed by atoms with Crippen LogP contribution in [0.2, 0.25) is 10.0 Å². The molecule has 8 heteroatoms. The zero-order chi connectivity index (χ0) is 22.0. The Balaban J connectivity index is 1.64. The highest BCUT2D eigenvalue weighted by atomic mass is 35.5. The van der Waals surface area contributed by atoms with Gasteiger partial charge in [0.25, 0.3) is 11.8 Å². The molecule has 2 aliphatic heterocycles. The third kappa shape index (κ3) is 4.77. The molecule has 0 aromatic heterocycles. The molecule has 1 saturated heterocycles. The van der Waals surface area contributed by atoms with Crippen LogP contribution in [-0.4, -0.2) is 61.0 Å². The second-order valence-electron chi connectivity index (χ2n) is 7.56. The van der Waals surface area contributed by atoms with Crippen LogP contribution in [0.15, 0.2) is 48.2 Å². The van der Waals surface area contributed by atoms with Crippen LogP contribution < -0.4 is 5.32 Å². The van der Waals surface area contributed by atoms with Gasteiger partial charge in [0.1, 0.15) is 5.70 Å². The van der Waals surface area contributed by atoms with E-state index in [9.17, 15) is 9.59 Å². The molecule has 4 rings (SSSR count). The number of morpholine rings is 1. The number of benzene rings is 2. The highest BCUT2D eigenvalue weighted by Crippen LogP contribution is 2.32. The fourth-order valence-electron chi connectivity index (χ4n) is 3.75. The van der Waals surface area contributed by atoms with Gasteiger partial charge in [0.15, 0.2) is 0 Å². The number of carbonyl (C=O) groups excluding carboxylic acids is 2. The second-order valence-corrected chi connectivity index (χ2v) is 8.43. The van der Waals surface area contributed by atoms with Crippen LogP contribution in [-0.2, 0) is 14.3 Å². The summed E-state index contributed by atoms with van der Waals surface area (Å²) in [6.45, 7) is 5.75. The van der Waals surface area contributed by atoms with E-state index in [0.717, 1.165) is 24.3 Å². The minimum absolute atomic E-state index is 0.264. The fraction of sp³-hybridized carbons (Fsp3) is 0.304. The van der Waals surface area contributed by atoms with Crippen molar-refractivity contribution in [3.05, 3.63) is 69.3 Å². The number of hydrogen-bond acceptors (Lipinski definition) is 5. The van der Waals surface area contributed by atoms with Crippen LogP contribution in [0.4, 0.5) is 5.69 Å². The van der Waals surface area contributed by atoms with E-state index in [1.807, 2.05) is 13.0 Å². The first-order valence-electron chi connectivity index (χ1n) is 10.1. The molecule has 2 amide bonds. The second kappa shape index (κ2) is 9.40. The zero-order valence-corrected chi connectivity index (χ0v) is 18.7. The van der Waals surface area contributed by atoms with Crippen molar-refractivity contribution in [3.8, 4) is 0 Å². The predicted molar refractivity (Wildman–Crippen MR) is 122 cm³/mol. The van der Waals surface area contributed by atoms with E-state index in [0.29, 0.717) is 47.5 Å². The van der Waals surface area contributed by atoms with Crippen molar-refractivity contribution in [2.24, 2.45) is 0 Å². The van der Waals surface area contributed by atoms with Gasteiger partial charge in [-0.05, 0) is 48.4 Å². The smallest absolute Gasteiger partial charge is 0.278 e. The average molecular weight is 460 g/mol. The van der Waals surface area contributed by atoms with E-state index >= 15 is 0 Å². The maximum Gasteiger partial charge on any atom is 0.278 e. The largest absolute Gasteiger partial charge is 0.379 e. The summed E-state index contributed by atoms with van der Waals surface area (Å²) in [6, 6.07) is 12.3. The van der Waals surface area contributed by atoms with Crippen LogP contribution in [0.25, 0.3) is 5.57 Å². The lowest BCUT2D eigenvalue weighted by molar-refractivity contribution is -0.137. The monoisotopic (exact) mass is 459 g/mol. The van der Waals surface area contributed by atoms with Gasteiger partial charge < -0.3 is 10.1 Å². The summed E-state index contributed by atoms with van der Waals surface area (Å²) in [5.74, 6) is -0.646. The molecule has 0 radical (unpaired) electrons. The van der Waals surface area contributed by atoms with Crippen molar-refractivity contribution in [1.82, 2.24) is 9.80 Å². The Hall–Kier alpha value is -2.38. The molecular formula is C23H23Cl2N3O3. The van der Waals surface area contributed by atoms with Crippen molar-refractivity contribution in [2.45, 2.75) is 6.92 Å². The first kappa shape index (κ1) is 21.8. The maximum absolute atomic E-state index is 13.3. The number of aryl methyl sites for hydroxylation is 1. The molecule has 2 heterocycles. The molecule has 1 fully saturated rings. The van der Waals surface area contributed by atoms with Crippen LogP contribution >= 0.6 is 23.2 Å². The molecule has 0 unspecified atom stereocenters. The van der Waals surface area contributed by atoms with E-state index in [2.05, 4.69) is 10.2 Å². The minimum atomic E-state index is -0.336. The molecule has 1 N–H and O–H groups in total. The van der Waals surface area contributed by atoms with Gasteiger partial charge in [0.2, 0.25) is 0 Å². The van der Waals surface area contributed by atoms with Crippen LogP contribution in [0, 0.1) is 6.92 Å². The molecule has 0 spiro atoms. The summed E-state index contributed by atoms with van der Waals surface area (Å²) in [6.07, 6.45) is 0. The average Bonchev–Trinajstić information content (AvgIpc) is 2.99. The van der Waals surface area contributed by atoms with Gasteiger partial charge in [-0.15, -0.1) is 0 Å². The lowest BCUT2D eigenvalue weighted by Crippen LogP contribution is -2.43. The van der Waals surface area contributed by atoms with Gasteiger partial charge in [-0.2, -0.15) is 0 Å². The standard InChI is InChI=1S/C23H23Cl2N3O3/c1-15-14-18(25)6-7-19(15)26-21-20(16-2-4-17(24)5-3-16)22(29)28(23(21)30)9-8-27-10-12-31-13-11-27/h2-7,14,26H,8-13H2,1H3. The van der Waals surface area contributed by atoms with Gasteiger partial charge in [-0.25, -0.2) is 0 Å². The number of rotatable bonds is 6. The Morgan fingerprint density at radius 1 is 0.935 bits per heavy atom. The summed E-state index contributed by atoms with van der Waals surface area (Å²) in [5, 5.41) is 4.36. The number of halogens is 2. The lowest BCUT2D eigenvalue weighted by atomic mass is 10.0. The van der Waals surface area contributed by atoms with Crippen molar-refractivity contribution in [1.29, 1.82) is 0 Å². The van der Waals surface area contributed by atoms with Gasteiger partial charge in [0, 0.05) is 41.9 Å². The summed E-state index contributed by atoms with van der Waals surface area (Å²) >= 11 is 12.1. The predicted octanol–water partition coefficient (Wildman–Crippen LogP) is 3.83. The Bertz CT molecular complexity index is 1030. The third-order valence-electron chi connectivity index (χ3n) is 5.49. The maximum atomic E-state index is 13.3. The molecule has 2 aliphatic rings. The van der Waals surface area contributed by atoms with Gasteiger partial charge in [0.05, 0.1) is 18.8 Å². The van der Waals surface area contributed by atoms with Gasteiger partial charge in [-0.1, -0.05) is 35.3 Å². The molecule has 0 saturated carbocycles. The molecule has 0 atom stereocenters. The fourth-order valence-corrected chi connectivity index (χ4v) is 4.10. The molecule has 0 aliphatic carbocycles. The summed E-state index contributed by atoms with van der Waals surface area (Å²) in [7, 11) is 0. The lowest BCUT2D eigenvalue weighted by Gasteiger charge is -2.28. The SMILES string of the molecule is Cc1cc(Cl)ccc1NC1=C(c2ccc(Cl)cc2)C(=O)N(CCN2CCOCC2)C1=O. The molecule has 6 nitrogen and oxygen atoms in total. The molecule has 2 aromatic rings. The number of anilines is 1. The number of nitrogens with zero attached hydrogens (tertiary/aromatic N) is 2. The van der Waals surface area contributed by atoms with Crippen LogP contribution in [0.5, 0.6) is 0 Å². The van der Waals surface area contributed by atoms with Crippen molar-refractivity contribution < 1.29 is 14.3 Å². The van der Waals surface area contributed by atoms with E-state index in [1.165, 1.54) is 4.90 Å². The molecule has 0 bridgehead atoms. The minimum Gasteiger partial charge on any atom is -0.379 e. The molecule has 31 heavy (non-hydrogen) atoms. The van der Waals surface area contributed by atoms with Crippen LogP contribution in [0.1, 0.15) is 11.1 Å². The number of amides is 2. The quantitative estimate of drug-likeness (QED) is 0.665. The Morgan fingerprint density at radius 2 is 1.61 bits per heavy atom. The van der Waals surface area contributed by atoms with Crippen molar-refractivity contribution >= 4 is 46.3 Å². The first-order chi connectivity index (χ1) is 14.9. The summed E-state index contributed by atoms with van der Waals surface area (Å²) in [5.41, 5.74) is 2.85. The number of nitrogens with one attached hydrogen (secondary N) is 1. The van der Waals surface area contributed by atoms with Crippen molar-refractivity contribution in [3.63, 3.8) is 0 Å². The van der Waals surface area contributed by atoms with E-state index in [4.69, 9.17) is 27.9 Å². The summed E-state index contributed by atoms with van der Waals surface area (Å²) in [4.78, 5) is 30.1. The molecular weight excluding hydrogens is 437 g/mol. The highest BCUT2D eigenvalue weighted by molar-refractivity contribution is 6.37. The van der Waals surface area contributed by atoms with Crippen molar-refractivity contribution in [2.75, 3.05) is 44.7 Å². The number of carbonyl (C=O) groups is 2. The topological polar surface area (TPSA) is 61.9 Å². The number of imide groups is 1. The molecule has 162 valence electrons.